The van der Waals surface area contributed by atoms with Crippen molar-refractivity contribution in [3.63, 3.8) is 0 Å². The van der Waals surface area contributed by atoms with Gasteiger partial charge in [-0.05, 0) is 17.2 Å². The molecule has 0 fully saturated rings. The van der Waals surface area contributed by atoms with Crippen molar-refractivity contribution in [3.8, 4) is 0 Å². The van der Waals surface area contributed by atoms with Crippen LogP contribution in [-0.4, -0.2) is 28.1 Å². The molecular formula is C14H14Cl2O3. The van der Waals surface area contributed by atoms with E-state index in [4.69, 9.17) is 27.9 Å². The Bertz CT molecular complexity index is 515. The van der Waals surface area contributed by atoms with E-state index in [1.165, 1.54) is 7.11 Å². The zero-order chi connectivity index (χ0) is 14.1. The van der Waals surface area contributed by atoms with Crippen LogP contribution in [0.5, 0.6) is 0 Å². The molecule has 102 valence electrons. The van der Waals surface area contributed by atoms with Crippen LogP contribution in [-0.2, 0) is 9.53 Å². The molecule has 0 saturated heterocycles. The van der Waals surface area contributed by atoms with Crippen molar-refractivity contribution in [1.82, 2.24) is 0 Å². The number of hydrogen-bond acceptors (Lipinski definition) is 2. The van der Waals surface area contributed by atoms with Gasteiger partial charge < -0.3 is 9.84 Å². The summed E-state index contributed by atoms with van der Waals surface area (Å²) < 4.78 is 5.22. The van der Waals surface area contributed by atoms with Crippen molar-refractivity contribution < 1.29 is 14.6 Å². The average Bonchev–Trinajstić information content (AvgIpc) is 2.39. The summed E-state index contributed by atoms with van der Waals surface area (Å²) in [6.45, 7) is 0. The number of rotatable bonds is 3. The molecule has 0 heterocycles. The number of aliphatic carboxylic acids is 1. The number of alkyl halides is 2. The first-order valence-electron chi connectivity index (χ1n) is 5.82. The summed E-state index contributed by atoms with van der Waals surface area (Å²) >= 11 is 12.5. The van der Waals surface area contributed by atoms with Crippen LogP contribution in [0.1, 0.15) is 18.4 Å². The smallest absolute Gasteiger partial charge is 0.325 e. The first-order chi connectivity index (χ1) is 8.88. The summed E-state index contributed by atoms with van der Waals surface area (Å²) in [4.78, 5) is 9.94. The largest absolute Gasteiger partial charge is 0.480 e. The molecule has 5 heteroatoms. The van der Waals surface area contributed by atoms with E-state index in [1.54, 1.807) is 6.08 Å². The molecular weight excluding hydrogens is 287 g/mol. The molecule has 3 nitrogen and oxygen atoms in total. The van der Waals surface area contributed by atoms with Crippen LogP contribution in [0, 0.1) is 0 Å². The summed E-state index contributed by atoms with van der Waals surface area (Å²) in [6, 6.07) is 9.43. The van der Waals surface area contributed by atoms with E-state index in [0.717, 1.165) is 11.1 Å². The minimum atomic E-state index is -1.45. The summed E-state index contributed by atoms with van der Waals surface area (Å²) in [5, 5.41) is 8.13. The van der Waals surface area contributed by atoms with Crippen LogP contribution in [0.4, 0.5) is 0 Å². The number of halogens is 2. The van der Waals surface area contributed by atoms with Crippen molar-refractivity contribution in [1.29, 1.82) is 0 Å². The Kier molecular flexibility index (Phi) is 3.90. The maximum Gasteiger partial charge on any atom is 0.325 e. The van der Waals surface area contributed by atoms with E-state index in [9.17, 15) is 9.90 Å². The SMILES string of the molecule is COC1(Cl)C=C(c2ccccc2)CC(Cl)(C(=O)O)C1. The second-order valence-electron chi connectivity index (χ2n) is 4.65. The minimum absolute atomic E-state index is 0.0191. The first-order valence-corrected chi connectivity index (χ1v) is 6.58. The number of benzene rings is 1. The Labute approximate surface area is 121 Å². The number of ether oxygens (including phenoxy) is 1. The van der Waals surface area contributed by atoms with Crippen molar-refractivity contribution in [3.05, 3.63) is 42.0 Å². The van der Waals surface area contributed by atoms with Gasteiger partial charge in [-0.1, -0.05) is 41.9 Å². The monoisotopic (exact) mass is 300 g/mol. The van der Waals surface area contributed by atoms with Gasteiger partial charge in [-0.15, -0.1) is 11.6 Å². The van der Waals surface area contributed by atoms with E-state index in [-0.39, 0.29) is 12.8 Å². The molecule has 2 unspecified atom stereocenters. The zero-order valence-corrected chi connectivity index (χ0v) is 11.9. The van der Waals surface area contributed by atoms with Gasteiger partial charge in [0.1, 0.15) is 4.87 Å². The van der Waals surface area contributed by atoms with Crippen LogP contribution in [0.15, 0.2) is 36.4 Å². The van der Waals surface area contributed by atoms with Gasteiger partial charge >= 0.3 is 5.97 Å². The van der Waals surface area contributed by atoms with Gasteiger partial charge in [0.2, 0.25) is 0 Å². The van der Waals surface area contributed by atoms with Crippen molar-refractivity contribution >= 4 is 34.7 Å². The summed E-state index contributed by atoms with van der Waals surface area (Å²) in [5.41, 5.74) is 1.68. The molecule has 1 aromatic rings. The molecule has 0 bridgehead atoms. The Morgan fingerprint density at radius 1 is 1.32 bits per heavy atom. The molecule has 0 aliphatic heterocycles. The Morgan fingerprint density at radius 3 is 2.47 bits per heavy atom. The lowest BCUT2D eigenvalue weighted by atomic mass is 9.83. The third kappa shape index (κ3) is 2.94. The van der Waals surface area contributed by atoms with E-state index in [1.807, 2.05) is 30.3 Å². The fraction of sp³-hybridized carbons (Fsp3) is 0.357. The molecule has 19 heavy (non-hydrogen) atoms. The van der Waals surface area contributed by atoms with Gasteiger partial charge in [0.05, 0.1) is 0 Å². The van der Waals surface area contributed by atoms with Crippen LogP contribution < -0.4 is 0 Å². The average molecular weight is 301 g/mol. The van der Waals surface area contributed by atoms with E-state index >= 15 is 0 Å². The highest BCUT2D eigenvalue weighted by Gasteiger charge is 2.48. The minimum Gasteiger partial charge on any atom is -0.480 e. The molecule has 1 N–H and O–H groups in total. The molecule has 0 amide bonds. The molecule has 0 spiro atoms. The van der Waals surface area contributed by atoms with Crippen LogP contribution >= 0.6 is 23.2 Å². The maximum atomic E-state index is 11.4. The van der Waals surface area contributed by atoms with Crippen LogP contribution in [0.25, 0.3) is 5.57 Å². The Hall–Kier alpha value is -1.03. The van der Waals surface area contributed by atoms with Gasteiger partial charge in [-0.25, -0.2) is 0 Å². The first kappa shape index (κ1) is 14.4. The van der Waals surface area contributed by atoms with Crippen molar-refractivity contribution in [2.45, 2.75) is 22.8 Å². The molecule has 1 aliphatic carbocycles. The number of hydrogen-bond donors (Lipinski definition) is 1. The molecule has 2 rings (SSSR count). The van der Waals surface area contributed by atoms with Gasteiger partial charge in [0.15, 0.2) is 5.06 Å². The highest BCUT2D eigenvalue weighted by Crippen LogP contribution is 2.45. The van der Waals surface area contributed by atoms with Gasteiger partial charge in [-0.3, -0.25) is 4.79 Å². The molecule has 0 saturated carbocycles. The highest BCUT2D eigenvalue weighted by molar-refractivity contribution is 6.36. The number of carboxylic acids is 1. The van der Waals surface area contributed by atoms with E-state index in [2.05, 4.69) is 0 Å². The predicted octanol–water partition coefficient (Wildman–Crippen LogP) is 3.51. The Balaban J connectivity index is 2.45. The van der Waals surface area contributed by atoms with Gasteiger partial charge in [-0.2, -0.15) is 0 Å². The standard InChI is InChI=1S/C14H14Cl2O3/c1-19-14(16)8-11(10-5-3-2-4-6-10)7-13(15,9-14)12(17)18/h2-6,8H,7,9H2,1H3,(H,17,18). The predicted molar refractivity (Wildman–Crippen MR) is 75.5 cm³/mol. The van der Waals surface area contributed by atoms with E-state index < -0.39 is 15.9 Å². The second-order valence-corrected chi connectivity index (χ2v) is 6.01. The lowest BCUT2D eigenvalue weighted by Crippen LogP contribution is -2.43. The van der Waals surface area contributed by atoms with Crippen LogP contribution in [0.2, 0.25) is 0 Å². The topological polar surface area (TPSA) is 46.5 Å². The third-order valence-corrected chi connectivity index (χ3v) is 4.07. The molecule has 2 atom stereocenters. The van der Waals surface area contributed by atoms with Gasteiger partial charge in [0.25, 0.3) is 0 Å². The van der Waals surface area contributed by atoms with E-state index in [0.29, 0.717) is 0 Å². The quantitative estimate of drug-likeness (QED) is 0.869. The number of methoxy groups -OCH3 is 1. The summed E-state index contributed by atoms with van der Waals surface area (Å²) in [6.07, 6.45) is 1.98. The number of carbonyl (C=O) groups is 1. The zero-order valence-electron chi connectivity index (χ0n) is 10.4. The molecule has 1 aromatic carbocycles. The molecule has 0 aromatic heterocycles. The summed E-state index contributed by atoms with van der Waals surface area (Å²) in [7, 11) is 1.44. The lowest BCUT2D eigenvalue weighted by molar-refractivity contribution is -0.141. The highest BCUT2D eigenvalue weighted by atomic mass is 35.5. The fourth-order valence-electron chi connectivity index (χ4n) is 2.23. The van der Waals surface area contributed by atoms with Crippen LogP contribution in [0.3, 0.4) is 0 Å². The van der Waals surface area contributed by atoms with Crippen molar-refractivity contribution in [2.75, 3.05) is 7.11 Å². The number of carboxylic acid groups (broad SMARTS) is 1. The molecule has 0 radical (unpaired) electrons. The fourth-order valence-corrected chi connectivity index (χ4v) is 3.00. The third-order valence-electron chi connectivity index (χ3n) is 3.25. The normalized spacial score (nSPS) is 30.8. The lowest BCUT2D eigenvalue weighted by Gasteiger charge is -2.36. The number of allylic oxidation sites excluding steroid dienone is 1. The second kappa shape index (κ2) is 5.16. The molecule has 1 aliphatic rings. The maximum absolute atomic E-state index is 11.4. The van der Waals surface area contributed by atoms with Crippen molar-refractivity contribution in [2.24, 2.45) is 0 Å². The Morgan fingerprint density at radius 2 is 1.95 bits per heavy atom. The van der Waals surface area contributed by atoms with Gasteiger partial charge in [0, 0.05) is 20.0 Å². The summed E-state index contributed by atoms with van der Waals surface area (Å²) in [5.74, 6) is -1.09.